The Morgan fingerprint density at radius 1 is 1.41 bits per heavy atom. The summed E-state index contributed by atoms with van der Waals surface area (Å²) >= 11 is 7.23. The van der Waals surface area contributed by atoms with Crippen molar-refractivity contribution >= 4 is 28.9 Å². The van der Waals surface area contributed by atoms with Crippen molar-refractivity contribution in [3.63, 3.8) is 0 Å². The van der Waals surface area contributed by atoms with E-state index in [1.807, 2.05) is 31.2 Å². The van der Waals surface area contributed by atoms with E-state index in [0.717, 1.165) is 16.1 Å². The van der Waals surface area contributed by atoms with Gasteiger partial charge in [-0.25, -0.2) is 4.98 Å². The number of benzene rings is 1. The molecule has 0 radical (unpaired) electrons. The summed E-state index contributed by atoms with van der Waals surface area (Å²) in [6.07, 6.45) is -0.0287. The number of aliphatic carboxylic acids is 1. The summed E-state index contributed by atoms with van der Waals surface area (Å²) in [5.74, 6) is -0.860. The van der Waals surface area contributed by atoms with Crippen LogP contribution >= 0.6 is 22.9 Å². The molecule has 3 nitrogen and oxygen atoms in total. The number of carboxylic acids is 1. The molecule has 0 unspecified atom stereocenters. The van der Waals surface area contributed by atoms with Crippen molar-refractivity contribution in [1.82, 2.24) is 4.98 Å². The molecule has 1 heterocycles. The van der Waals surface area contributed by atoms with Crippen molar-refractivity contribution in [2.24, 2.45) is 0 Å². The second-order valence-electron chi connectivity index (χ2n) is 3.60. The van der Waals surface area contributed by atoms with Gasteiger partial charge in [-0.15, -0.1) is 11.3 Å². The summed E-state index contributed by atoms with van der Waals surface area (Å²) in [5, 5.41) is 10.0. The van der Waals surface area contributed by atoms with Crippen LogP contribution in [0.3, 0.4) is 0 Å². The van der Waals surface area contributed by atoms with Gasteiger partial charge in [-0.05, 0) is 24.6 Å². The minimum absolute atomic E-state index is 0.0287. The fourth-order valence-corrected chi connectivity index (χ4v) is 2.71. The monoisotopic (exact) mass is 267 g/mol. The highest BCUT2D eigenvalue weighted by molar-refractivity contribution is 7.15. The van der Waals surface area contributed by atoms with Gasteiger partial charge in [0, 0.05) is 5.02 Å². The lowest BCUT2D eigenvalue weighted by atomic mass is 10.2. The van der Waals surface area contributed by atoms with E-state index in [9.17, 15) is 4.79 Å². The molecule has 88 valence electrons. The molecular weight excluding hydrogens is 258 g/mol. The van der Waals surface area contributed by atoms with Crippen LogP contribution in [-0.4, -0.2) is 16.1 Å². The van der Waals surface area contributed by atoms with Gasteiger partial charge >= 0.3 is 5.97 Å². The molecule has 1 N–H and O–H groups in total. The van der Waals surface area contributed by atoms with Gasteiger partial charge in [0.05, 0.1) is 17.0 Å². The number of hydrogen-bond donors (Lipinski definition) is 1. The molecule has 17 heavy (non-hydrogen) atoms. The maximum absolute atomic E-state index is 10.6. The highest BCUT2D eigenvalue weighted by Crippen LogP contribution is 2.30. The largest absolute Gasteiger partial charge is 0.481 e. The molecule has 0 fully saturated rings. The summed E-state index contributed by atoms with van der Waals surface area (Å²) < 4.78 is 0. The number of carboxylic acid groups (broad SMARTS) is 1. The number of hydrogen-bond acceptors (Lipinski definition) is 3. The predicted octanol–water partition coefficient (Wildman–Crippen LogP) is 3.40. The number of carbonyl (C=O) groups is 1. The van der Waals surface area contributed by atoms with E-state index in [-0.39, 0.29) is 6.42 Å². The quantitative estimate of drug-likeness (QED) is 0.927. The fourth-order valence-electron chi connectivity index (χ4n) is 1.53. The first-order valence-corrected chi connectivity index (χ1v) is 6.20. The Kier molecular flexibility index (Phi) is 3.45. The Morgan fingerprint density at radius 3 is 2.65 bits per heavy atom. The maximum atomic E-state index is 10.6. The predicted molar refractivity (Wildman–Crippen MR) is 68.6 cm³/mol. The van der Waals surface area contributed by atoms with E-state index in [4.69, 9.17) is 16.7 Å². The van der Waals surface area contributed by atoms with Crippen molar-refractivity contribution in [2.45, 2.75) is 13.3 Å². The zero-order valence-corrected chi connectivity index (χ0v) is 10.7. The number of thiazole rings is 1. The molecule has 0 aliphatic carbocycles. The van der Waals surface area contributed by atoms with Gasteiger partial charge in [-0.2, -0.15) is 0 Å². The van der Waals surface area contributed by atoms with Crippen LogP contribution < -0.4 is 0 Å². The Morgan fingerprint density at radius 2 is 2.06 bits per heavy atom. The molecule has 0 saturated carbocycles. The van der Waals surface area contributed by atoms with Crippen LogP contribution in [0.15, 0.2) is 24.3 Å². The third kappa shape index (κ3) is 2.84. The standard InChI is InChI=1S/C12H10ClNO2S/c1-7-12(8-2-4-9(13)5-3-8)17-10(14-7)6-11(15)16/h2-5H,6H2,1H3,(H,15,16). The Balaban J connectivity index is 2.35. The molecule has 0 bridgehead atoms. The first-order valence-electron chi connectivity index (χ1n) is 5.00. The van der Waals surface area contributed by atoms with Crippen LogP contribution in [0.1, 0.15) is 10.7 Å². The number of rotatable bonds is 3. The summed E-state index contributed by atoms with van der Waals surface area (Å²) in [4.78, 5) is 15.9. The van der Waals surface area contributed by atoms with Crippen LogP contribution in [0.5, 0.6) is 0 Å². The molecule has 0 spiro atoms. The van der Waals surface area contributed by atoms with Gasteiger partial charge in [0.25, 0.3) is 0 Å². The molecule has 2 aromatic rings. The molecule has 0 amide bonds. The molecule has 1 aromatic heterocycles. The van der Waals surface area contributed by atoms with Crippen molar-refractivity contribution < 1.29 is 9.90 Å². The van der Waals surface area contributed by atoms with Crippen molar-refractivity contribution in [3.05, 3.63) is 40.0 Å². The van der Waals surface area contributed by atoms with E-state index < -0.39 is 5.97 Å². The Labute approximate surface area is 108 Å². The normalized spacial score (nSPS) is 10.5. The SMILES string of the molecule is Cc1nc(CC(=O)O)sc1-c1ccc(Cl)cc1. The zero-order chi connectivity index (χ0) is 12.4. The second-order valence-corrected chi connectivity index (χ2v) is 5.12. The van der Waals surface area contributed by atoms with Crippen molar-refractivity contribution in [2.75, 3.05) is 0 Å². The molecule has 0 aliphatic rings. The van der Waals surface area contributed by atoms with Gasteiger partial charge in [0.2, 0.25) is 0 Å². The minimum atomic E-state index is -0.860. The minimum Gasteiger partial charge on any atom is -0.481 e. The summed E-state index contributed by atoms with van der Waals surface area (Å²) in [6.45, 7) is 1.88. The molecule has 2 rings (SSSR count). The summed E-state index contributed by atoms with van der Waals surface area (Å²) in [5.41, 5.74) is 1.87. The van der Waals surface area contributed by atoms with Crippen LogP contribution in [0.2, 0.25) is 5.02 Å². The molecule has 5 heteroatoms. The van der Waals surface area contributed by atoms with Gasteiger partial charge in [-0.3, -0.25) is 4.79 Å². The van der Waals surface area contributed by atoms with E-state index in [1.54, 1.807) is 0 Å². The lowest BCUT2D eigenvalue weighted by Crippen LogP contribution is -1.98. The van der Waals surface area contributed by atoms with Gasteiger partial charge in [0.1, 0.15) is 5.01 Å². The zero-order valence-electron chi connectivity index (χ0n) is 9.11. The summed E-state index contributed by atoms with van der Waals surface area (Å²) in [6, 6.07) is 7.45. The average Bonchev–Trinajstić information content (AvgIpc) is 2.59. The van der Waals surface area contributed by atoms with E-state index in [1.165, 1.54) is 11.3 Å². The fraction of sp³-hybridized carbons (Fsp3) is 0.167. The Bertz CT molecular complexity index is 548. The van der Waals surface area contributed by atoms with Gasteiger partial charge in [0.15, 0.2) is 0 Å². The number of aromatic nitrogens is 1. The molecular formula is C12H10ClNO2S. The molecule has 1 aromatic carbocycles. The van der Waals surface area contributed by atoms with Crippen LogP contribution in [-0.2, 0) is 11.2 Å². The van der Waals surface area contributed by atoms with Crippen molar-refractivity contribution in [3.8, 4) is 10.4 Å². The third-order valence-corrected chi connectivity index (χ3v) is 3.71. The molecule has 0 saturated heterocycles. The van der Waals surface area contributed by atoms with Crippen LogP contribution in [0, 0.1) is 6.92 Å². The third-order valence-electron chi connectivity index (χ3n) is 2.25. The number of aryl methyl sites for hydroxylation is 1. The molecule has 0 aliphatic heterocycles. The van der Waals surface area contributed by atoms with Crippen LogP contribution in [0.4, 0.5) is 0 Å². The van der Waals surface area contributed by atoms with E-state index >= 15 is 0 Å². The van der Waals surface area contributed by atoms with E-state index in [2.05, 4.69) is 4.98 Å². The number of halogens is 1. The molecule has 0 atom stereocenters. The summed E-state index contributed by atoms with van der Waals surface area (Å²) in [7, 11) is 0. The first-order chi connectivity index (χ1) is 8.06. The lowest BCUT2D eigenvalue weighted by molar-refractivity contribution is -0.136. The number of nitrogens with zero attached hydrogens (tertiary/aromatic N) is 1. The van der Waals surface area contributed by atoms with E-state index in [0.29, 0.717) is 10.0 Å². The van der Waals surface area contributed by atoms with Crippen LogP contribution in [0.25, 0.3) is 10.4 Å². The first kappa shape index (κ1) is 12.1. The highest BCUT2D eigenvalue weighted by Gasteiger charge is 2.11. The second kappa shape index (κ2) is 4.85. The smallest absolute Gasteiger partial charge is 0.310 e. The van der Waals surface area contributed by atoms with Gasteiger partial charge in [-0.1, -0.05) is 23.7 Å². The lowest BCUT2D eigenvalue weighted by Gasteiger charge is -1.98. The highest BCUT2D eigenvalue weighted by atomic mass is 35.5. The maximum Gasteiger partial charge on any atom is 0.310 e. The Hall–Kier alpha value is -1.39. The van der Waals surface area contributed by atoms with Gasteiger partial charge < -0.3 is 5.11 Å². The average molecular weight is 268 g/mol. The topological polar surface area (TPSA) is 50.2 Å². The van der Waals surface area contributed by atoms with Crippen molar-refractivity contribution in [1.29, 1.82) is 0 Å².